The number of rotatable bonds is 2. The molecule has 1 aromatic rings. The molecule has 64 valence electrons. The van der Waals surface area contributed by atoms with Crippen molar-refractivity contribution >= 4 is 24.2 Å². The number of hydrogen-bond acceptors (Lipinski definition) is 4. The van der Waals surface area contributed by atoms with Crippen LogP contribution in [0.5, 0.6) is 5.88 Å². The summed E-state index contributed by atoms with van der Waals surface area (Å²) in [5.41, 5.74) is 0.164. The van der Waals surface area contributed by atoms with Crippen molar-refractivity contribution in [3.8, 4) is 5.88 Å². The molecule has 1 heterocycles. The lowest BCUT2D eigenvalue weighted by atomic mass is 9.82. The van der Waals surface area contributed by atoms with Crippen LogP contribution in [0.2, 0.25) is 5.15 Å². The molecule has 4 nitrogen and oxygen atoms in total. The Hall–Kier alpha value is -0.775. The molecule has 0 unspecified atom stereocenters. The van der Waals surface area contributed by atoms with Crippen molar-refractivity contribution in [2.24, 2.45) is 0 Å². The minimum atomic E-state index is -1.60. The first-order chi connectivity index (χ1) is 5.65. The number of ether oxygens (including phenoxy) is 1. The molecule has 0 atom stereocenters. The minimum Gasteiger partial charge on any atom is -0.481 e. The quantitative estimate of drug-likeness (QED) is 0.480. The maximum Gasteiger partial charge on any atom is 0.491 e. The van der Waals surface area contributed by atoms with Crippen LogP contribution in [0, 0.1) is 0 Å². The largest absolute Gasteiger partial charge is 0.491 e. The van der Waals surface area contributed by atoms with Crippen molar-refractivity contribution < 1.29 is 14.8 Å². The van der Waals surface area contributed by atoms with Gasteiger partial charge in [-0.25, -0.2) is 4.98 Å². The van der Waals surface area contributed by atoms with Crippen LogP contribution in [-0.2, 0) is 0 Å². The second-order valence-electron chi connectivity index (χ2n) is 2.11. The normalized spacial score (nSPS) is 9.67. The Morgan fingerprint density at radius 3 is 2.58 bits per heavy atom. The lowest BCUT2D eigenvalue weighted by Crippen LogP contribution is -2.31. The molecule has 0 spiro atoms. The highest BCUT2D eigenvalue weighted by Gasteiger charge is 2.16. The molecule has 12 heavy (non-hydrogen) atoms. The maximum absolute atomic E-state index is 8.76. The van der Waals surface area contributed by atoms with Gasteiger partial charge < -0.3 is 14.8 Å². The molecule has 2 N–H and O–H groups in total. The summed E-state index contributed by atoms with van der Waals surface area (Å²) in [5.74, 6) is 0.337. The first kappa shape index (κ1) is 9.31. The third-order valence-corrected chi connectivity index (χ3v) is 1.64. The molecule has 0 amide bonds. The van der Waals surface area contributed by atoms with E-state index in [1.807, 2.05) is 0 Å². The third kappa shape index (κ3) is 1.88. The van der Waals surface area contributed by atoms with Gasteiger partial charge in [0.05, 0.1) is 7.11 Å². The molecule has 0 aliphatic carbocycles. The van der Waals surface area contributed by atoms with E-state index in [4.69, 9.17) is 26.4 Å². The fraction of sp³-hybridized carbons (Fsp3) is 0.167. The molecule has 1 aromatic heterocycles. The van der Waals surface area contributed by atoms with Crippen molar-refractivity contribution in [3.63, 3.8) is 0 Å². The Kier molecular flexibility index (Phi) is 2.91. The SMILES string of the molecule is COc1ccc(B(O)O)c(Cl)n1. The number of pyridine rings is 1. The van der Waals surface area contributed by atoms with Crippen molar-refractivity contribution in [1.29, 1.82) is 0 Å². The minimum absolute atomic E-state index is 0.0318. The van der Waals surface area contributed by atoms with E-state index in [0.717, 1.165) is 0 Å². The average Bonchev–Trinajstić information content (AvgIpc) is 2.03. The van der Waals surface area contributed by atoms with E-state index in [9.17, 15) is 0 Å². The predicted molar refractivity (Wildman–Crippen MR) is 45.6 cm³/mol. The molecule has 0 bridgehead atoms. The fourth-order valence-electron chi connectivity index (χ4n) is 0.735. The maximum atomic E-state index is 8.76. The summed E-state index contributed by atoms with van der Waals surface area (Å²) < 4.78 is 4.77. The molecule has 1 rings (SSSR count). The molecule has 0 aromatic carbocycles. The van der Waals surface area contributed by atoms with Crippen LogP contribution in [0.25, 0.3) is 0 Å². The monoisotopic (exact) mass is 187 g/mol. The molecule has 0 aliphatic heterocycles. The van der Waals surface area contributed by atoms with Gasteiger partial charge >= 0.3 is 7.12 Å². The van der Waals surface area contributed by atoms with E-state index in [2.05, 4.69) is 4.98 Å². The van der Waals surface area contributed by atoms with Gasteiger partial charge in [0, 0.05) is 11.5 Å². The highest BCUT2D eigenvalue weighted by molar-refractivity contribution is 6.62. The summed E-state index contributed by atoms with van der Waals surface area (Å²) in [4.78, 5) is 3.74. The molecule has 0 fully saturated rings. The van der Waals surface area contributed by atoms with E-state index in [0.29, 0.717) is 5.88 Å². The highest BCUT2D eigenvalue weighted by Crippen LogP contribution is 2.09. The van der Waals surface area contributed by atoms with Gasteiger partial charge in [-0.2, -0.15) is 0 Å². The second kappa shape index (κ2) is 3.75. The first-order valence-corrected chi connectivity index (χ1v) is 3.59. The van der Waals surface area contributed by atoms with Gasteiger partial charge in [0.2, 0.25) is 5.88 Å². The Morgan fingerprint density at radius 1 is 1.50 bits per heavy atom. The van der Waals surface area contributed by atoms with E-state index >= 15 is 0 Å². The average molecular weight is 187 g/mol. The number of aromatic nitrogens is 1. The van der Waals surface area contributed by atoms with Crippen molar-refractivity contribution in [1.82, 2.24) is 4.98 Å². The lowest BCUT2D eigenvalue weighted by molar-refractivity contribution is 0.397. The molecule has 0 aliphatic rings. The molecular formula is C6H7BClNO3. The van der Waals surface area contributed by atoms with Gasteiger partial charge in [-0.15, -0.1) is 0 Å². The summed E-state index contributed by atoms with van der Waals surface area (Å²) in [6.07, 6.45) is 0. The Bertz CT molecular complexity index is 281. The van der Waals surface area contributed by atoms with Gasteiger partial charge in [-0.3, -0.25) is 0 Å². The lowest BCUT2D eigenvalue weighted by Gasteiger charge is -2.03. The Labute approximate surface area is 74.9 Å². The van der Waals surface area contributed by atoms with Crippen molar-refractivity contribution in [3.05, 3.63) is 17.3 Å². The van der Waals surface area contributed by atoms with Crippen LogP contribution in [0.15, 0.2) is 12.1 Å². The third-order valence-electron chi connectivity index (χ3n) is 1.34. The van der Waals surface area contributed by atoms with Crippen LogP contribution in [0.3, 0.4) is 0 Å². The van der Waals surface area contributed by atoms with Crippen molar-refractivity contribution in [2.75, 3.05) is 7.11 Å². The Morgan fingerprint density at radius 2 is 2.17 bits per heavy atom. The van der Waals surface area contributed by atoms with Gasteiger partial charge in [0.25, 0.3) is 0 Å². The summed E-state index contributed by atoms with van der Waals surface area (Å²) in [5, 5.41) is 17.5. The van der Waals surface area contributed by atoms with E-state index in [1.54, 1.807) is 0 Å². The molecule has 6 heteroatoms. The van der Waals surface area contributed by atoms with Crippen LogP contribution < -0.4 is 10.2 Å². The smallest absolute Gasteiger partial charge is 0.481 e. The van der Waals surface area contributed by atoms with Crippen molar-refractivity contribution in [2.45, 2.75) is 0 Å². The standard InChI is InChI=1S/C6H7BClNO3/c1-12-5-3-2-4(7(10)11)6(8)9-5/h2-3,10-11H,1H3. The summed E-state index contributed by atoms with van der Waals surface area (Å²) in [6.45, 7) is 0. The molecule has 0 radical (unpaired) electrons. The van der Waals surface area contributed by atoms with Crippen LogP contribution >= 0.6 is 11.6 Å². The fourth-order valence-corrected chi connectivity index (χ4v) is 0.979. The number of nitrogens with zero attached hydrogens (tertiary/aromatic N) is 1. The summed E-state index contributed by atoms with van der Waals surface area (Å²) in [7, 11) is -0.149. The van der Waals surface area contributed by atoms with E-state index < -0.39 is 7.12 Å². The first-order valence-electron chi connectivity index (χ1n) is 3.21. The number of halogens is 1. The van der Waals surface area contributed by atoms with Gasteiger partial charge in [-0.05, 0) is 0 Å². The zero-order valence-electron chi connectivity index (χ0n) is 6.36. The number of hydrogen-bond donors (Lipinski definition) is 2. The van der Waals surface area contributed by atoms with Crippen LogP contribution in [-0.4, -0.2) is 29.3 Å². The predicted octanol–water partition coefficient (Wildman–Crippen LogP) is -0.577. The van der Waals surface area contributed by atoms with Gasteiger partial charge in [0.1, 0.15) is 5.15 Å². The summed E-state index contributed by atoms with van der Waals surface area (Å²) >= 11 is 5.59. The topological polar surface area (TPSA) is 62.6 Å². The van der Waals surface area contributed by atoms with Crippen LogP contribution in [0.4, 0.5) is 0 Å². The molecule has 0 saturated carbocycles. The number of methoxy groups -OCH3 is 1. The highest BCUT2D eigenvalue weighted by atomic mass is 35.5. The van der Waals surface area contributed by atoms with Gasteiger partial charge in [0.15, 0.2) is 0 Å². The van der Waals surface area contributed by atoms with Crippen LogP contribution in [0.1, 0.15) is 0 Å². The van der Waals surface area contributed by atoms with E-state index in [1.165, 1.54) is 19.2 Å². The zero-order chi connectivity index (χ0) is 9.14. The molecule has 0 saturated heterocycles. The summed E-state index contributed by atoms with van der Waals surface area (Å²) in [6, 6.07) is 2.94. The van der Waals surface area contributed by atoms with Gasteiger partial charge in [-0.1, -0.05) is 17.7 Å². The second-order valence-corrected chi connectivity index (χ2v) is 2.47. The van der Waals surface area contributed by atoms with E-state index in [-0.39, 0.29) is 10.6 Å². The zero-order valence-corrected chi connectivity index (χ0v) is 7.12. The Balaban J connectivity index is 3.03. The molecular weight excluding hydrogens is 180 g/mol.